The zero-order valence-corrected chi connectivity index (χ0v) is 7.83. The fourth-order valence-corrected chi connectivity index (χ4v) is 2.64. The highest BCUT2D eigenvalue weighted by atomic mass is 16.2. The number of carbonyl (C=O) groups excluding carboxylic acids is 1. The monoisotopic (exact) mass is 180 g/mol. The van der Waals surface area contributed by atoms with Gasteiger partial charge in [0.25, 0.3) is 0 Å². The molecule has 1 N–H and O–H groups in total. The van der Waals surface area contributed by atoms with Crippen molar-refractivity contribution in [3.63, 3.8) is 0 Å². The minimum absolute atomic E-state index is 0.402. The van der Waals surface area contributed by atoms with Crippen molar-refractivity contribution in [3.8, 4) is 0 Å². The van der Waals surface area contributed by atoms with E-state index in [1.165, 1.54) is 6.42 Å². The summed E-state index contributed by atoms with van der Waals surface area (Å²) in [5.74, 6) is 1.58. The first-order valence-electron chi connectivity index (χ1n) is 5.36. The van der Waals surface area contributed by atoms with Crippen LogP contribution in [0.3, 0.4) is 0 Å². The lowest BCUT2D eigenvalue weighted by Crippen LogP contribution is -2.42. The first-order chi connectivity index (χ1) is 6.34. The summed E-state index contributed by atoms with van der Waals surface area (Å²) < 4.78 is 0. The number of hydrogen-bond acceptors (Lipinski definition) is 2. The van der Waals surface area contributed by atoms with Gasteiger partial charge in [0.15, 0.2) is 0 Å². The normalized spacial score (nSPS) is 38.0. The van der Waals surface area contributed by atoms with Crippen molar-refractivity contribution in [2.45, 2.75) is 25.3 Å². The summed E-state index contributed by atoms with van der Waals surface area (Å²) >= 11 is 0. The number of nitrogens with zero attached hydrogens (tertiary/aromatic N) is 1. The molecule has 0 spiro atoms. The number of fused-ring (bicyclic) bond motifs is 2. The number of nitrogens with one attached hydrogen (secondary N) is 1. The van der Waals surface area contributed by atoms with Crippen LogP contribution in [-0.4, -0.2) is 36.5 Å². The van der Waals surface area contributed by atoms with E-state index < -0.39 is 0 Å². The van der Waals surface area contributed by atoms with Crippen molar-refractivity contribution >= 4 is 5.91 Å². The second kappa shape index (κ2) is 2.71. The van der Waals surface area contributed by atoms with Gasteiger partial charge in [-0.05, 0) is 31.7 Å². The summed E-state index contributed by atoms with van der Waals surface area (Å²) in [5, 5.41) is 3.40. The number of hydrogen-bond donors (Lipinski definition) is 1. The van der Waals surface area contributed by atoms with Crippen molar-refractivity contribution in [1.29, 1.82) is 0 Å². The van der Waals surface area contributed by atoms with E-state index in [-0.39, 0.29) is 0 Å². The molecule has 3 heteroatoms. The van der Waals surface area contributed by atoms with Gasteiger partial charge in [-0.2, -0.15) is 0 Å². The zero-order valence-electron chi connectivity index (χ0n) is 7.83. The van der Waals surface area contributed by atoms with Crippen molar-refractivity contribution in [2.75, 3.05) is 19.6 Å². The summed E-state index contributed by atoms with van der Waals surface area (Å²) in [6.45, 7) is 3.16. The molecule has 0 unspecified atom stereocenters. The van der Waals surface area contributed by atoms with Gasteiger partial charge in [-0.3, -0.25) is 4.79 Å². The largest absolute Gasteiger partial charge is 0.338 e. The van der Waals surface area contributed by atoms with Crippen molar-refractivity contribution < 1.29 is 4.79 Å². The Labute approximate surface area is 78.5 Å². The lowest BCUT2D eigenvalue weighted by atomic mass is 10.0. The van der Waals surface area contributed by atoms with Gasteiger partial charge in [-0.25, -0.2) is 0 Å². The van der Waals surface area contributed by atoms with Gasteiger partial charge in [0.1, 0.15) is 0 Å². The maximum absolute atomic E-state index is 11.8. The summed E-state index contributed by atoms with van der Waals surface area (Å²) in [7, 11) is 0. The summed E-state index contributed by atoms with van der Waals surface area (Å²) in [4.78, 5) is 14.0. The van der Waals surface area contributed by atoms with Crippen LogP contribution in [0.5, 0.6) is 0 Å². The minimum Gasteiger partial charge on any atom is -0.338 e. The van der Waals surface area contributed by atoms with Crippen molar-refractivity contribution in [3.05, 3.63) is 0 Å². The number of rotatable bonds is 1. The quantitative estimate of drug-likeness (QED) is 0.626. The molecule has 72 valence electrons. The topological polar surface area (TPSA) is 32.3 Å². The van der Waals surface area contributed by atoms with Crippen LogP contribution in [0, 0.1) is 11.8 Å². The summed E-state index contributed by atoms with van der Waals surface area (Å²) in [6, 6.07) is 0.520. The SMILES string of the molecule is O=C(C1CC1)N1C[C@@H]2CNC[C@H]1C2. The molecule has 3 fully saturated rings. The Morgan fingerprint density at radius 2 is 2.15 bits per heavy atom. The molecule has 0 aromatic rings. The Hall–Kier alpha value is -0.570. The molecule has 3 aliphatic rings. The van der Waals surface area contributed by atoms with Gasteiger partial charge in [0.2, 0.25) is 5.91 Å². The van der Waals surface area contributed by atoms with Gasteiger partial charge in [0.05, 0.1) is 0 Å². The van der Waals surface area contributed by atoms with Crippen LogP contribution < -0.4 is 5.32 Å². The van der Waals surface area contributed by atoms with Crippen LogP contribution in [0.15, 0.2) is 0 Å². The number of likely N-dealkylation sites (tertiary alicyclic amines) is 1. The molecule has 0 radical (unpaired) electrons. The van der Waals surface area contributed by atoms with E-state index >= 15 is 0 Å². The molecule has 2 aliphatic heterocycles. The molecule has 0 aromatic heterocycles. The highest BCUT2D eigenvalue weighted by Gasteiger charge is 2.42. The average Bonchev–Trinajstić information content (AvgIpc) is 2.93. The lowest BCUT2D eigenvalue weighted by molar-refractivity contribution is -0.133. The Bertz CT molecular complexity index is 237. The van der Waals surface area contributed by atoms with Gasteiger partial charge >= 0.3 is 0 Å². The van der Waals surface area contributed by atoms with E-state index in [1.54, 1.807) is 0 Å². The van der Waals surface area contributed by atoms with Gasteiger partial charge in [0, 0.05) is 25.0 Å². The van der Waals surface area contributed by atoms with E-state index in [4.69, 9.17) is 0 Å². The predicted molar refractivity (Wildman–Crippen MR) is 49.2 cm³/mol. The molecule has 0 aromatic carbocycles. The molecule has 2 atom stereocenters. The maximum atomic E-state index is 11.8. The molecular weight excluding hydrogens is 164 g/mol. The number of amides is 1. The Kier molecular flexibility index (Phi) is 1.62. The fraction of sp³-hybridized carbons (Fsp3) is 0.900. The molecule has 1 amide bonds. The first-order valence-corrected chi connectivity index (χ1v) is 5.36. The first kappa shape index (κ1) is 7.80. The molecule has 2 heterocycles. The van der Waals surface area contributed by atoms with Crippen LogP contribution in [0.1, 0.15) is 19.3 Å². The standard InChI is InChI=1S/C10H16N2O/c13-10(8-1-2-8)12-6-7-3-9(12)5-11-4-7/h7-9,11H,1-6H2/t7-,9+/m0/s1. The second-order valence-electron chi connectivity index (χ2n) is 4.68. The smallest absolute Gasteiger partial charge is 0.225 e. The van der Waals surface area contributed by atoms with Gasteiger partial charge in [-0.1, -0.05) is 0 Å². The van der Waals surface area contributed by atoms with Gasteiger partial charge in [-0.15, -0.1) is 0 Å². The molecule has 1 saturated carbocycles. The van der Waals surface area contributed by atoms with Crippen LogP contribution in [0.25, 0.3) is 0 Å². The van der Waals surface area contributed by atoms with E-state index in [0.717, 1.165) is 38.4 Å². The molecular formula is C10H16N2O. The average molecular weight is 180 g/mol. The maximum Gasteiger partial charge on any atom is 0.225 e. The second-order valence-corrected chi connectivity index (χ2v) is 4.68. The Morgan fingerprint density at radius 1 is 1.31 bits per heavy atom. The van der Waals surface area contributed by atoms with Crippen LogP contribution in [-0.2, 0) is 4.79 Å². The van der Waals surface area contributed by atoms with E-state index in [2.05, 4.69) is 10.2 Å². The molecule has 2 saturated heterocycles. The van der Waals surface area contributed by atoms with Crippen LogP contribution in [0.2, 0.25) is 0 Å². The van der Waals surface area contributed by atoms with E-state index in [1.807, 2.05) is 0 Å². The highest BCUT2D eigenvalue weighted by Crippen LogP contribution is 2.35. The molecule has 2 bridgehead atoms. The Balaban J connectivity index is 1.73. The van der Waals surface area contributed by atoms with Crippen molar-refractivity contribution in [2.24, 2.45) is 11.8 Å². The third kappa shape index (κ3) is 1.26. The van der Waals surface area contributed by atoms with Crippen LogP contribution >= 0.6 is 0 Å². The summed E-state index contributed by atoms with van der Waals surface area (Å²) in [5.41, 5.74) is 0. The number of piperidine rings is 1. The number of carbonyl (C=O) groups is 1. The van der Waals surface area contributed by atoms with E-state index in [0.29, 0.717) is 17.9 Å². The predicted octanol–water partition coefficient (Wildman–Crippen LogP) is 0.217. The zero-order chi connectivity index (χ0) is 8.84. The fourth-order valence-electron chi connectivity index (χ4n) is 2.64. The highest BCUT2D eigenvalue weighted by molar-refractivity contribution is 5.81. The van der Waals surface area contributed by atoms with Gasteiger partial charge < -0.3 is 10.2 Å². The van der Waals surface area contributed by atoms with Crippen LogP contribution in [0.4, 0.5) is 0 Å². The lowest BCUT2D eigenvalue weighted by Gasteiger charge is -2.24. The summed E-state index contributed by atoms with van der Waals surface area (Å²) in [6.07, 6.45) is 3.52. The third-order valence-corrected chi connectivity index (χ3v) is 3.52. The molecule has 1 aliphatic carbocycles. The third-order valence-electron chi connectivity index (χ3n) is 3.52. The molecule has 13 heavy (non-hydrogen) atoms. The molecule has 3 nitrogen and oxygen atoms in total. The Morgan fingerprint density at radius 3 is 2.85 bits per heavy atom. The van der Waals surface area contributed by atoms with Crippen molar-refractivity contribution in [1.82, 2.24) is 10.2 Å². The molecule has 3 rings (SSSR count). The van der Waals surface area contributed by atoms with E-state index in [9.17, 15) is 4.79 Å². The minimum atomic E-state index is 0.402.